The highest BCUT2D eigenvalue weighted by molar-refractivity contribution is 7.45. The van der Waals surface area contributed by atoms with Crippen molar-refractivity contribution in [1.29, 1.82) is 0 Å². The van der Waals surface area contributed by atoms with Crippen LogP contribution in [-0.2, 0) is 0 Å². The zero-order valence-electron chi connectivity index (χ0n) is 11.9. The third-order valence-corrected chi connectivity index (χ3v) is 4.65. The summed E-state index contributed by atoms with van der Waals surface area (Å²) in [5.41, 5.74) is 5.52. The van der Waals surface area contributed by atoms with Crippen molar-refractivity contribution in [1.82, 2.24) is 10.2 Å². The Hall–Kier alpha value is -0.550. The molecule has 0 saturated carbocycles. The van der Waals surface area contributed by atoms with Crippen LogP contribution in [0.4, 0.5) is 0 Å². The Labute approximate surface area is 121 Å². The number of hydrogen-bond acceptors (Lipinski definition) is 4. The lowest BCUT2D eigenvalue weighted by atomic mass is 10.0. The molecule has 0 radical (unpaired) electrons. The lowest BCUT2D eigenvalue weighted by molar-refractivity contribution is -0.469. The zero-order valence-corrected chi connectivity index (χ0v) is 12.8. The van der Waals surface area contributed by atoms with Gasteiger partial charge >= 0.3 is 0 Å². The topological polar surface area (TPSA) is 83.4 Å². The van der Waals surface area contributed by atoms with E-state index in [0.29, 0.717) is 18.2 Å². The molecule has 112 valence electrons. The fourth-order valence-electron chi connectivity index (χ4n) is 2.73. The summed E-state index contributed by atoms with van der Waals surface area (Å²) in [6.45, 7) is 3.94. The second kappa shape index (κ2) is 7.46. The van der Waals surface area contributed by atoms with Gasteiger partial charge in [-0.3, -0.25) is 10.2 Å². The number of benzene rings is 1. The summed E-state index contributed by atoms with van der Waals surface area (Å²) < 4.78 is 0. The van der Waals surface area contributed by atoms with Gasteiger partial charge in [-0.1, -0.05) is 30.3 Å². The molecule has 1 aliphatic rings. The second-order valence-electron chi connectivity index (χ2n) is 5.43. The predicted molar refractivity (Wildman–Crippen MR) is 80.9 cm³/mol. The van der Waals surface area contributed by atoms with Gasteiger partial charge in [-0.25, -0.2) is 0 Å². The van der Waals surface area contributed by atoms with E-state index in [-0.39, 0.29) is 6.17 Å². The molecule has 20 heavy (non-hydrogen) atoms. The van der Waals surface area contributed by atoms with E-state index in [4.69, 9.17) is 9.79 Å². The predicted octanol–water partition coefficient (Wildman–Crippen LogP) is 0.276. The molecule has 6 N–H and O–H groups in total. The summed E-state index contributed by atoms with van der Waals surface area (Å²) in [6, 6.07) is 11.1. The van der Waals surface area contributed by atoms with E-state index >= 15 is 0 Å². The first-order valence-corrected chi connectivity index (χ1v) is 8.54. The number of nitrogens with zero attached hydrogens (tertiary/aromatic N) is 1. The molecule has 0 bridgehead atoms. The maximum absolute atomic E-state index is 9.00. The summed E-state index contributed by atoms with van der Waals surface area (Å²) in [7, 11) is -1.77. The molecule has 0 spiro atoms. The molecule has 2 rings (SSSR count). The van der Waals surface area contributed by atoms with Crippen molar-refractivity contribution >= 4 is 8.38 Å². The monoisotopic (exact) mass is 298 g/mol. The zero-order chi connectivity index (χ0) is 14.5. The fourth-order valence-corrected chi connectivity index (χ4v) is 3.15. The Morgan fingerprint density at radius 3 is 2.70 bits per heavy atom. The van der Waals surface area contributed by atoms with Crippen molar-refractivity contribution < 1.29 is 15.5 Å². The SMILES string of the molecule is CC1NC(c2ccccc2)CN(CCCP(O)O)C1[NH3+]. The third kappa shape index (κ3) is 4.22. The lowest BCUT2D eigenvalue weighted by Gasteiger charge is -2.40. The largest absolute Gasteiger partial charge is 0.350 e. The number of rotatable bonds is 5. The van der Waals surface area contributed by atoms with Crippen LogP contribution in [-0.4, -0.2) is 46.1 Å². The minimum Gasteiger partial charge on any atom is -0.350 e. The van der Waals surface area contributed by atoms with Crippen LogP contribution in [0.5, 0.6) is 0 Å². The van der Waals surface area contributed by atoms with E-state index in [2.05, 4.69) is 47.1 Å². The minimum absolute atomic E-state index is 0.221. The highest BCUT2D eigenvalue weighted by atomic mass is 31.2. The number of piperazine rings is 1. The van der Waals surface area contributed by atoms with Crippen LogP contribution in [0, 0.1) is 0 Å². The maximum atomic E-state index is 9.00. The standard InChI is InChI=1S/C14H24N3O2P/c1-11-14(15)17(8-5-9-20(18)19)10-13(16-11)12-6-3-2-4-7-12/h2-4,6-7,11,13-14,16,18-19H,5,8-10,15H2,1H3/p+1. The molecule has 5 nitrogen and oxygen atoms in total. The molecule has 1 aliphatic heterocycles. The first kappa shape index (κ1) is 15.8. The molecule has 1 aromatic carbocycles. The van der Waals surface area contributed by atoms with Crippen molar-refractivity contribution in [2.75, 3.05) is 19.3 Å². The molecule has 1 saturated heterocycles. The maximum Gasteiger partial charge on any atom is 0.164 e. The summed E-state index contributed by atoms with van der Waals surface area (Å²) in [5, 5.41) is 3.61. The van der Waals surface area contributed by atoms with E-state index < -0.39 is 8.38 Å². The van der Waals surface area contributed by atoms with Crippen LogP contribution in [0.1, 0.15) is 24.9 Å². The molecular formula is C14H25N3O2P+. The molecule has 0 aliphatic carbocycles. The van der Waals surface area contributed by atoms with E-state index in [1.165, 1.54) is 5.56 Å². The van der Waals surface area contributed by atoms with E-state index in [9.17, 15) is 0 Å². The Morgan fingerprint density at radius 1 is 1.35 bits per heavy atom. The number of quaternary nitrogens is 1. The van der Waals surface area contributed by atoms with Gasteiger partial charge in [-0.15, -0.1) is 0 Å². The fraction of sp³-hybridized carbons (Fsp3) is 0.571. The van der Waals surface area contributed by atoms with Crippen LogP contribution >= 0.6 is 8.38 Å². The van der Waals surface area contributed by atoms with Crippen molar-refractivity contribution in [2.45, 2.75) is 31.6 Å². The Kier molecular flexibility index (Phi) is 5.90. The Balaban J connectivity index is 1.97. The highest BCUT2D eigenvalue weighted by Crippen LogP contribution is 2.25. The molecule has 1 aromatic rings. The van der Waals surface area contributed by atoms with E-state index in [0.717, 1.165) is 19.5 Å². The normalized spacial score (nSPS) is 27.9. The summed E-state index contributed by atoms with van der Waals surface area (Å²) >= 11 is 0. The Bertz CT molecular complexity index is 405. The molecular weight excluding hydrogens is 273 g/mol. The first-order chi connectivity index (χ1) is 9.58. The van der Waals surface area contributed by atoms with Gasteiger partial charge in [-0.2, -0.15) is 0 Å². The first-order valence-electron chi connectivity index (χ1n) is 7.11. The van der Waals surface area contributed by atoms with Crippen LogP contribution in [0.15, 0.2) is 30.3 Å². The van der Waals surface area contributed by atoms with Crippen molar-refractivity contribution in [3.63, 3.8) is 0 Å². The number of hydrogen-bond donors (Lipinski definition) is 4. The van der Waals surface area contributed by atoms with Crippen molar-refractivity contribution in [2.24, 2.45) is 0 Å². The molecule has 3 unspecified atom stereocenters. The van der Waals surface area contributed by atoms with Crippen molar-refractivity contribution in [3.05, 3.63) is 35.9 Å². The second-order valence-corrected chi connectivity index (χ2v) is 6.62. The highest BCUT2D eigenvalue weighted by Gasteiger charge is 2.33. The van der Waals surface area contributed by atoms with Gasteiger partial charge in [0.15, 0.2) is 14.5 Å². The quantitative estimate of drug-likeness (QED) is 0.588. The van der Waals surface area contributed by atoms with Gasteiger partial charge in [0, 0.05) is 25.3 Å². The van der Waals surface area contributed by atoms with Gasteiger partial charge in [-0.05, 0) is 18.9 Å². The molecule has 3 atom stereocenters. The van der Waals surface area contributed by atoms with E-state index in [1.807, 2.05) is 6.07 Å². The Morgan fingerprint density at radius 2 is 2.05 bits per heavy atom. The van der Waals surface area contributed by atoms with Crippen LogP contribution in [0.25, 0.3) is 0 Å². The average molecular weight is 298 g/mol. The van der Waals surface area contributed by atoms with Crippen molar-refractivity contribution in [3.8, 4) is 0 Å². The molecule has 6 heteroatoms. The third-order valence-electron chi connectivity index (χ3n) is 3.93. The summed E-state index contributed by atoms with van der Waals surface area (Å²) in [4.78, 5) is 20.4. The smallest absolute Gasteiger partial charge is 0.164 e. The molecule has 1 heterocycles. The van der Waals surface area contributed by atoms with Gasteiger partial charge in [0.05, 0.1) is 6.04 Å². The molecule has 1 fully saturated rings. The van der Waals surface area contributed by atoms with Gasteiger partial charge in [0.25, 0.3) is 0 Å². The number of nitrogens with one attached hydrogen (secondary N) is 1. The minimum atomic E-state index is -1.77. The van der Waals surface area contributed by atoms with Gasteiger partial charge in [0.1, 0.15) is 0 Å². The molecule has 0 amide bonds. The van der Waals surface area contributed by atoms with E-state index in [1.54, 1.807) is 0 Å². The van der Waals surface area contributed by atoms with Gasteiger partial charge in [0.2, 0.25) is 0 Å². The van der Waals surface area contributed by atoms with Crippen LogP contribution in [0.2, 0.25) is 0 Å². The summed E-state index contributed by atoms with van der Waals surface area (Å²) in [5.74, 6) is 0. The summed E-state index contributed by atoms with van der Waals surface area (Å²) in [6.07, 6.45) is 1.51. The van der Waals surface area contributed by atoms with Crippen LogP contribution < -0.4 is 11.1 Å². The average Bonchev–Trinajstić information content (AvgIpc) is 2.44. The lowest BCUT2D eigenvalue weighted by Crippen LogP contribution is -2.78. The molecule has 0 aromatic heterocycles. The van der Waals surface area contributed by atoms with Crippen LogP contribution in [0.3, 0.4) is 0 Å². The van der Waals surface area contributed by atoms with Gasteiger partial charge < -0.3 is 15.5 Å².